The lowest BCUT2D eigenvalue weighted by molar-refractivity contribution is -0.137. The molecule has 21 heavy (non-hydrogen) atoms. The van der Waals surface area contributed by atoms with Crippen LogP contribution >= 0.6 is 0 Å². The highest BCUT2D eigenvalue weighted by atomic mass is 19.4. The van der Waals surface area contributed by atoms with Crippen molar-refractivity contribution in [3.63, 3.8) is 0 Å². The van der Waals surface area contributed by atoms with E-state index in [9.17, 15) is 22.0 Å². The Balaban J connectivity index is 2.35. The molecule has 2 N–H and O–H groups in total. The molecule has 0 fully saturated rings. The van der Waals surface area contributed by atoms with Gasteiger partial charge in [-0.2, -0.15) is 13.2 Å². The molecular formula is C14H10F5NO. The highest BCUT2D eigenvalue weighted by Crippen LogP contribution is 2.34. The van der Waals surface area contributed by atoms with Gasteiger partial charge in [0.15, 0.2) is 17.4 Å². The molecule has 0 unspecified atom stereocenters. The van der Waals surface area contributed by atoms with E-state index in [1.807, 2.05) is 0 Å². The van der Waals surface area contributed by atoms with E-state index in [0.29, 0.717) is 6.07 Å². The van der Waals surface area contributed by atoms with Gasteiger partial charge in [-0.15, -0.1) is 0 Å². The third-order valence-electron chi connectivity index (χ3n) is 2.68. The van der Waals surface area contributed by atoms with Gasteiger partial charge in [0.05, 0.1) is 5.56 Å². The third-order valence-corrected chi connectivity index (χ3v) is 2.68. The second-order valence-corrected chi connectivity index (χ2v) is 4.22. The van der Waals surface area contributed by atoms with Crippen LogP contribution in [0.5, 0.6) is 11.5 Å². The molecule has 0 bridgehead atoms. The fourth-order valence-electron chi connectivity index (χ4n) is 1.68. The zero-order valence-corrected chi connectivity index (χ0v) is 10.5. The number of nitrogens with two attached hydrogens (primary N) is 1. The molecule has 2 nitrogen and oxygen atoms in total. The van der Waals surface area contributed by atoms with Crippen molar-refractivity contribution in [1.29, 1.82) is 0 Å². The molecule has 0 heterocycles. The van der Waals surface area contributed by atoms with Crippen molar-refractivity contribution in [3.05, 3.63) is 59.2 Å². The minimum atomic E-state index is -4.57. The first kappa shape index (κ1) is 15.2. The van der Waals surface area contributed by atoms with Crippen LogP contribution in [-0.2, 0) is 12.7 Å². The molecule has 0 aliphatic rings. The molecule has 0 aromatic heterocycles. The first-order valence-electron chi connectivity index (χ1n) is 5.84. The summed E-state index contributed by atoms with van der Waals surface area (Å²) in [7, 11) is 0. The van der Waals surface area contributed by atoms with Gasteiger partial charge in [-0.25, -0.2) is 8.78 Å². The number of hydrogen-bond donors (Lipinski definition) is 1. The minimum Gasteiger partial charge on any atom is -0.451 e. The van der Waals surface area contributed by atoms with Crippen molar-refractivity contribution < 1.29 is 26.7 Å². The molecule has 0 saturated heterocycles. The molecular weight excluding hydrogens is 293 g/mol. The van der Waals surface area contributed by atoms with Crippen molar-refractivity contribution >= 4 is 0 Å². The summed E-state index contributed by atoms with van der Waals surface area (Å²) in [4.78, 5) is 0. The van der Waals surface area contributed by atoms with Gasteiger partial charge in [-0.05, 0) is 35.9 Å². The van der Waals surface area contributed by atoms with Gasteiger partial charge in [-0.1, -0.05) is 6.07 Å². The molecule has 112 valence electrons. The Morgan fingerprint density at radius 1 is 1.00 bits per heavy atom. The van der Waals surface area contributed by atoms with Crippen LogP contribution in [0.25, 0.3) is 0 Å². The first-order valence-corrected chi connectivity index (χ1v) is 5.84. The Bertz CT molecular complexity index is 631. The lowest BCUT2D eigenvalue weighted by Crippen LogP contribution is -2.05. The normalized spacial score (nSPS) is 11.5. The average molecular weight is 303 g/mol. The zero-order chi connectivity index (χ0) is 15.6. The summed E-state index contributed by atoms with van der Waals surface area (Å²) in [5, 5.41) is 0. The fourth-order valence-corrected chi connectivity index (χ4v) is 1.68. The van der Waals surface area contributed by atoms with Crippen LogP contribution in [0.2, 0.25) is 0 Å². The molecule has 0 aliphatic heterocycles. The maximum atomic E-state index is 13.7. The lowest BCUT2D eigenvalue weighted by atomic mass is 10.2. The van der Waals surface area contributed by atoms with E-state index in [1.54, 1.807) is 0 Å². The fraction of sp³-hybridized carbons (Fsp3) is 0.143. The average Bonchev–Trinajstić information content (AvgIpc) is 2.42. The van der Waals surface area contributed by atoms with Crippen molar-refractivity contribution in [3.8, 4) is 11.5 Å². The van der Waals surface area contributed by atoms with Crippen LogP contribution in [0.1, 0.15) is 11.1 Å². The predicted octanol–water partition coefficient (Wildman–Crippen LogP) is 4.23. The number of hydrogen-bond acceptors (Lipinski definition) is 2. The van der Waals surface area contributed by atoms with Crippen LogP contribution in [0, 0.1) is 11.6 Å². The smallest absolute Gasteiger partial charge is 0.416 e. The maximum Gasteiger partial charge on any atom is 0.416 e. The highest BCUT2D eigenvalue weighted by Gasteiger charge is 2.30. The SMILES string of the molecule is NCc1cc(F)c(Oc2cccc(C(F)(F)F)c2)c(F)c1. The maximum absolute atomic E-state index is 13.7. The molecule has 2 aromatic rings. The zero-order valence-electron chi connectivity index (χ0n) is 10.5. The van der Waals surface area contributed by atoms with Gasteiger partial charge >= 0.3 is 6.18 Å². The Hall–Kier alpha value is -2.15. The number of rotatable bonds is 3. The number of alkyl halides is 3. The molecule has 0 amide bonds. The van der Waals surface area contributed by atoms with Crippen molar-refractivity contribution in [2.45, 2.75) is 12.7 Å². The summed E-state index contributed by atoms with van der Waals surface area (Å²) >= 11 is 0. The molecule has 7 heteroatoms. The van der Waals surface area contributed by atoms with E-state index in [0.717, 1.165) is 24.3 Å². The quantitative estimate of drug-likeness (QED) is 0.861. The monoisotopic (exact) mass is 303 g/mol. The van der Waals surface area contributed by atoms with E-state index >= 15 is 0 Å². The Kier molecular flexibility index (Phi) is 4.13. The molecule has 0 atom stereocenters. The van der Waals surface area contributed by atoms with Crippen LogP contribution < -0.4 is 10.5 Å². The second-order valence-electron chi connectivity index (χ2n) is 4.22. The predicted molar refractivity (Wildman–Crippen MR) is 65.8 cm³/mol. The van der Waals surface area contributed by atoms with E-state index < -0.39 is 29.1 Å². The Morgan fingerprint density at radius 3 is 2.14 bits per heavy atom. The van der Waals surface area contributed by atoms with E-state index in [1.165, 1.54) is 6.07 Å². The number of benzene rings is 2. The molecule has 0 radical (unpaired) electrons. The first-order chi connectivity index (χ1) is 9.81. The third kappa shape index (κ3) is 3.49. The summed E-state index contributed by atoms with van der Waals surface area (Å²) in [6.07, 6.45) is -4.57. The summed E-state index contributed by atoms with van der Waals surface area (Å²) in [6, 6.07) is 5.68. The van der Waals surface area contributed by atoms with Crippen LogP contribution in [-0.4, -0.2) is 0 Å². The highest BCUT2D eigenvalue weighted by molar-refractivity contribution is 5.38. The standard InChI is InChI=1S/C14H10F5NO/c15-11-4-8(7-20)5-12(16)13(11)21-10-3-1-2-9(6-10)14(17,18)19/h1-6H,7,20H2. The minimum absolute atomic E-state index is 0.0717. The van der Waals surface area contributed by atoms with Crippen molar-refractivity contribution in [2.75, 3.05) is 0 Å². The molecule has 0 saturated carbocycles. The van der Waals surface area contributed by atoms with E-state index in [2.05, 4.69) is 0 Å². The van der Waals surface area contributed by atoms with Crippen LogP contribution in [0.3, 0.4) is 0 Å². The Labute approximate surface area is 116 Å². The van der Waals surface area contributed by atoms with E-state index in [4.69, 9.17) is 10.5 Å². The van der Waals surface area contributed by atoms with E-state index in [-0.39, 0.29) is 17.9 Å². The van der Waals surface area contributed by atoms with Crippen LogP contribution in [0.15, 0.2) is 36.4 Å². The molecule has 2 rings (SSSR count). The Morgan fingerprint density at radius 2 is 1.62 bits per heavy atom. The summed E-state index contributed by atoms with van der Waals surface area (Å²) in [6.45, 7) is -0.0717. The van der Waals surface area contributed by atoms with Gasteiger partial charge in [0, 0.05) is 6.54 Å². The molecule has 2 aromatic carbocycles. The lowest BCUT2D eigenvalue weighted by Gasteiger charge is -2.11. The number of halogens is 5. The largest absolute Gasteiger partial charge is 0.451 e. The van der Waals surface area contributed by atoms with Gasteiger partial charge in [0.25, 0.3) is 0 Å². The summed E-state index contributed by atoms with van der Waals surface area (Å²) in [5.41, 5.74) is 4.50. The van der Waals surface area contributed by atoms with Crippen molar-refractivity contribution in [1.82, 2.24) is 0 Å². The second kappa shape index (κ2) is 5.69. The summed E-state index contributed by atoms with van der Waals surface area (Å²) in [5.74, 6) is -3.16. The van der Waals surface area contributed by atoms with Gasteiger partial charge < -0.3 is 10.5 Å². The molecule has 0 aliphatic carbocycles. The van der Waals surface area contributed by atoms with Gasteiger partial charge in [0.2, 0.25) is 0 Å². The molecule has 0 spiro atoms. The number of ether oxygens (including phenoxy) is 1. The van der Waals surface area contributed by atoms with Crippen LogP contribution in [0.4, 0.5) is 22.0 Å². The topological polar surface area (TPSA) is 35.2 Å². The van der Waals surface area contributed by atoms with Gasteiger partial charge in [-0.3, -0.25) is 0 Å². The summed E-state index contributed by atoms with van der Waals surface area (Å²) < 4.78 is 69.9. The van der Waals surface area contributed by atoms with Gasteiger partial charge in [0.1, 0.15) is 5.75 Å². The van der Waals surface area contributed by atoms with Crippen molar-refractivity contribution in [2.24, 2.45) is 5.73 Å².